The van der Waals surface area contributed by atoms with Gasteiger partial charge < -0.3 is 0 Å². The molecule has 0 radical (unpaired) electrons. The van der Waals surface area contributed by atoms with Crippen molar-refractivity contribution in [3.8, 4) is 0 Å². The van der Waals surface area contributed by atoms with E-state index in [1.54, 1.807) is 0 Å². The summed E-state index contributed by atoms with van der Waals surface area (Å²) in [6.45, 7) is 4.27. The lowest BCUT2D eigenvalue weighted by molar-refractivity contribution is 0.699. The summed E-state index contributed by atoms with van der Waals surface area (Å²) in [4.78, 5) is 0. The van der Waals surface area contributed by atoms with Gasteiger partial charge in [0.2, 0.25) is 0 Å². The van der Waals surface area contributed by atoms with Crippen LogP contribution in [0.1, 0.15) is 46.9 Å². The van der Waals surface area contributed by atoms with Gasteiger partial charge >= 0.3 is 0 Å². The van der Waals surface area contributed by atoms with Crippen molar-refractivity contribution in [2.45, 2.75) is 44.9 Å². The van der Waals surface area contributed by atoms with Crippen LogP contribution in [0, 0.1) is 13.8 Å². The van der Waals surface area contributed by atoms with E-state index < -0.39 is 0 Å². The summed E-state index contributed by atoms with van der Waals surface area (Å²) in [5.74, 6) is 0. The third-order valence-electron chi connectivity index (χ3n) is 3.40. The molecule has 0 nitrogen and oxygen atoms in total. The molecule has 1 atom stereocenters. The first-order valence-electron chi connectivity index (χ1n) is 5.54. The van der Waals surface area contributed by atoms with Gasteiger partial charge in [-0.05, 0) is 61.4 Å². The minimum absolute atomic E-state index is 0.153. The Morgan fingerprint density at radius 3 is 2.73 bits per heavy atom. The number of hydrogen-bond donors (Lipinski definition) is 0. The molecule has 1 aliphatic carbocycles. The first kappa shape index (κ1) is 11.3. The molecule has 15 heavy (non-hydrogen) atoms. The van der Waals surface area contributed by atoms with E-state index in [2.05, 4.69) is 19.9 Å². The van der Waals surface area contributed by atoms with Gasteiger partial charge in [-0.2, -0.15) is 0 Å². The van der Waals surface area contributed by atoms with Crippen LogP contribution in [0.5, 0.6) is 0 Å². The average Bonchev–Trinajstić information content (AvgIpc) is 2.37. The highest BCUT2D eigenvalue weighted by atomic mass is 35.5. The first-order valence-corrected chi connectivity index (χ1v) is 6.35. The molecular weight excluding hydrogens is 227 g/mol. The van der Waals surface area contributed by atoms with Gasteiger partial charge in [-0.1, -0.05) is 18.0 Å². The second kappa shape index (κ2) is 4.35. The molecule has 0 bridgehead atoms. The molecule has 1 aliphatic rings. The quantitative estimate of drug-likeness (QED) is 0.446. The SMILES string of the molecule is Cc1cc(Cl)c2c(c1C)C(Cl)CCCC2. The van der Waals surface area contributed by atoms with Crippen molar-refractivity contribution in [1.82, 2.24) is 0 Å². The molecule has 0 saturated carbocycles. The number of alkyl halides is 1. The minimum Gasteiger partial charge on any atom is -0.118 e. The molecule has 0 spiro atoms. The van der Waals surface area contributed by atoms with Crippen molar-refractivity contribution in [3.05, 3.63) is 33.3 Å². The molecule has 1 aromatic carbocycles. The van der Waals surface area contributed by atoms with Crippen molar-refractivity contribution in [2.24, 2.45) is 0 Å². The van der Waals surface area contributed by atoms with E-state index >= 15 is 0 Å². The fourth-order valence-corrected chi connectivity index (χ4v) is 3.21. The predicted molar refractivity (Wildman–Crippen MR) is 67.1 cm³/mol. The highest BCUT2D eigenvalue weighted by Crippen LogP contribution is 2.39. The first-order chi connectivity index (χ1) is 7.11. The van der Waals surface area contributed by atoms with Crippen LogP contribution in [0.25, 0.3) is 0 Å². The smallest absolute Gasteiger partial charge is 0.0591 e. The number of rotatable bonds is 0. The van der Waals surface area contributed by atoms with Gasteiger partial charge in [-0.15, -0.1) is 11.6 Å². The Morgan fingerprint density at radius 2 is 2.00 bits per heavy atom. The lowest BCUT2D eigenvalue weighted by atomic mass is 9.94. The second-order valence-corrected chi connectivity index (χ2v) is 5.34. The molecule has 82 valence electrons. The predicted octanol–water partition coefficient (Wildman–Crippen LogP) is 4.96. The molecule has 0 fully saturated rings. The molecule has 2 rings (SSSR count). The maximum absolute atomic E-state index is 6.44. The Morgan fingerprint density at radius 1 is 1.27 bits per heavy atom. The number of halogens is 2. The van der Waals surface area contributed by atoms with Crippen LogP contribution in [0.4, 0.5) is 0 Å². The Kier molecular flexibility index (Phi) is 3.27. The molecule has 0 saturated heterocycles. The summed E-state index contributed by atoms with van der Waals surface area (Å²) in [7, 11) is 0. The largest absolute Gasteiger partial charge is 0.118 e. The van der Waals surface area contributed by atoms with Crippen molar-refractivity contribution in [3.63, 3.8) is 0 Å². The lowest BCUT2D eigenvalue weighted by Gasteiger charge is -2.17. The highest BCUT2D eigenvalue weighted by molar-refractivity contribution is 6.32. The van der Waals surface area contributed by atoms with Crippen LogP contribution in [0.15, 0.2) is 6.07 Å². The van der Waals surface area contributed by atoms with Crippen LogP contribution < -0.4 is 0 Å². The van der Waals surface area contributed by atoms with Crippen LogP contribution in [-0.4, -0.2) is 0 Å². The van der Waals surface area contributed by atoms with Crippen molar-refractivity contribution < 1.29 is 0 Å². The summed E-state index contributed by atoms with van der Waals surface area (Å²) in [5, 5.41) is 1.06. The van der Waals surface area contributed by atoms with Gasteiger partial charge in [0.15, 0.2) is 0 Å². The van der Waals surface area contributed by atoms with Crippen LogP contribution >= 0.6 is 23.2 Å². The normalized spacial score (nSPS) is 20.9. The molecule has 2 heteroatoms. The fraction of sp³-hybridized carbons (Fsp3) is 0.538. The number of benzene rings is 1. The summed E-state index contributed by atoms with van der Waals surface area (Å²) < 4.78 is 0. The van der Waals surface area contributed by atoms with Crippen LogP contribution in [0.3, 0.4) is 0 Å². The summed E-state index contributed by atoms with van der Waals surface area (Å²) in [6.07, 6.45) is 4.57. The zero-order valence-corrected chi connectivity index (χ0v) is 10.8. The van der Waals surface area contributed by atoms with E-state index in [-0.39, 0.29) is 5.38 Å². The van der Waals surface area contributed by atoms with Gasteiger partial charge in [-0.3, -0.25) is 0 Å². The standard InChI is InChI=1S/C13H16Cl2/c1-8-7-12(15)10-5-3-4-6-11(14)13(10)9(8)2/h7,11H,3-6H2,1-2H3. The maximum Gasteiger partial charge on any atom is 0.0591 e. The molecule has 0 aromatic heterocycles. The number of hydrogen-bond acceptors (Lipinski definition) is 0. The average molecular weight is 243 g/mol. The molecule has 1 aromatic rings. The van der Waals surface area contributed by atoms with Crippen LogP contribution in [0.2, 0.25) is 5.02 Å². The van der Waals surface area contributed by atoms with Crippen LogP contribution in [-0.2, 0) is 6.42 Å². The molecule has 0 heterocycles. The van der Waals surface area contributed by atoms with E-state index in [0.29, 0.717) is 0 Å². The van der Waals surface area contributed by atoms with Gasteiger partial charge in [0, 0.05) is 5.02 Å². The molecule has 0 amide bonds. The maximum atomic E-state index is 6.44. The summed E-state index contributed by atoms with van der Waals surface area (Å²) in [5.41, 5.74) is 5.18. The monoisotopic (exact) mass is 242 g/mol. The number of fused-ring (bicyclic) bond motifs is 1. The Bertz CT molecular complexity index is 383. The third-order valence-corrected chi connectivity index (χ3v) is 4.17. The Labute approximate surface area is 102 Å². The highest BCUT2D eigenvalue weighted by Gasteiger charge is 2.21. The summed E-state index contributed by atoms with van der Waals surface area (Å²) >= 11 is 12.7. The van der Waals surface area contributed by atoms with E-state index in [0.717, 1.165) is 17.9 Å². The topological polar surface area (TPSA) is 0 Å². The molecular formula is C13H16Cl2. The molecule has 1 unspecified atom stereocenters. The Hall–Kier alpha value is -0.200. The van der Waals surface area contributed by atoms with Gasteiger partial charge in [-0.25, -0.2) is 0 Å². The fourth-order valence-electron chi connectivity index (χ4n) is 2.40. The zero-order chi connectivity index (χ0) is 11.0. The van der Waals surface area contributed by atoms with Gasteiger partial charge in [0.25, 0.3) is 0 Å². The van der Waals surface area contributed by atoms with Crippen molar-refractivity contribution in [1.29, 1.82) is 0 Å². The van der Waals surface area contributed by atoms with E-state index in [9.17, 15) is 0 Å². The zero-order valence-electron chi connectivity index (χ0n) is 9.24. The van der Waals surface area contributed by atoms with E-state index in [1.807, 2.05) is 0 Å². The molecule has 0 N–H and O–H groups in total. The van der Waals surface area contributed by atoms with E-state index in [1.165, 1.54) is 35.1 Å². The lowest BCUT2D eigenvalue weighted by Crippen LogP contribution is -2.00. The molecule has 0 aliphatic heterocycles. The van der Waals surface area contributed by atoms with Crippen molar-refractivity contribution >= 4 is 23.2 Å². The van der Waals surface area contributed by atoms with Gasteiger partial charge in [0.1, 0.15) is 0 Å². The summed E-state index contributed by atoms with van der Waals surface area (Å²) in [6, 6.07) is 2.07. The Balaban J connectivity index is 2.63. The number of aryl methyl sites for hydroxylation is 1. The van der Waals surface area contributed by atoms with E-state index in [4.69, 9.17) is 23.2 Å². The third kappa shape index (κ3) is 2.03. The van der Waals surface area contributed by atoms with Crippen molar-refractivity contribution in [2.75, 3.05) is 0 Å². The second-order valence-electron chi connectivity index (χ2n) is 4.41. The van der Waals surface area contributed by atoms with Gasteiger partial charge in [0.05, 0.1) is 5.38 Å². The minimum atomic E-state index is 0.153.